The molecule has 1 aliphatic heterocycles. The molecule has 0 saturated carbocycles. The monoisotopic (exact) mass is 415 g/mol. The van der Waals surface area contributed by atoms with E-state index in [1.807, 2.05) is 31.2 Å². The Labute approximate surface area is 170 Å². The Hall–Kier alpha value is -2.16. The van der Waals surface area contributed by atoms with Crippen molar-refractivity contribution in [1.29, 1.82) is 0 Å². The van der Waals surface area contributed by atoms with Crippen LogP contribution in [0.25, 0.3) is 15.9 Å². The highest BCUT2D eigenvalue weighted by molar-refractivity contribution is 7.99. The van der Waals surface area contributed by atoms with Gasteiger partial charge in [-0.2, -0.15) is 0 Å². The molecule has 3 aromatic rings. The van der Waals surface area contributed by atoms with Gasteiger partial charge in [0.15, 0.2) is 5.16 Å². The second-order valence-electron chi connectivity index (χ2n) is 6.58. The van der Waals surface area contributed by atoms with Crippen LogP contribution in [0.15, 0.2) is 34.2 Å². The maximum atomic E-state index is 13.5. The summed E-state index contributed by atoms with van der Waals surface area (Å²) >= 11 is 2.80. The van der Waals surface area contributed by atoms with E-state index in [-0.39, 0.29) is 17.3 Å². The third-order valence-corrected chi connectivity index (χ3v) is 6.64. The van der Waals surface area contributed by atoms with Crippen molar-refractivity contribution in [3.63, 3.8) is 0 Å². The van der Waals surface area contributed by atoms with E-state index in [0.717, 1.165) is 41.2 Å². The number of aromatic nitrogens is 2. The van der Waals surface area contributed by atoms with Gasteiger partial charge in [0.25, 0.3) is 5.56 Å². The maximum Gasteiger partial charge on any atom is 0.316 e. The number of fused-ring (bicyclic) bond motifs is 3. The molecule has 0 unspecified atom stereocenters. The topological polar surface area (TPSA) is 73.2 Å². The Morgan fingerprint density at radius 2 is 2.29 bits per heavy atom. The molecule has 0 bridgehead atoms. The number of nitrogens with zero attached hydrogens (tertiary/aromatic N) is 2. The van der Waals surface area contributed by atoms with Gasteiger partial charge in [-0.05, 0) is 50.1 Å². The average molecular weight is 416 g/mol. The van der Waals surface area contributed by atoms with E-state index in [1.165, 1.54) is 16.6 Å². The van der Waals surface area contributed by atoms with Gasteiger partial charge in [-0.25, -0.2) is 4.98 Å². The number of carbonyl (C=O) groups is 1. The van der Waals surface area contributed by atoms with Crippen molar-refractivity contribution in [1.82, 2.24) is 14.9 Å². The number of nitrogens with one attached hydrogen (secondary N) is 1. The van der Waals surface area contributed by atoms with E-state index in [1.54, 1.807) is 22.8 Å². The first-order valence-corrected chi connectivity index (χ1v) is 11.0. The normalized spacial score (nSPS) is 13.5. The lowest BCUT2D eigenvalue weighted by atomic mass is 10.1. The molecule has 8 heteroatoms. The molecule has 3 heterocycles. The predicted octanol–water partition coefficient (Wildman–Crippen LogP) is 3.06. The van der Waals surface area contributed by atoms with Gasteiger partial charge in [0.1, 0.15) is 4.83 Å². The molecule has 4 rings (SSSR count). The van der Waals surface area contributed by atoms with E-state index in [9.17, 15) is 9.59 Å². The summed E-state index contributed by atoms with van der Waals surface area (Å²) < 4.78 is 6.66. The summed E-state index contributed by atoms with van der Waals surface area (Å²) in [5, 5.41) is 4.58. The molecule has 1 aromatic carbocycles. The SMILES string of the molecule is CCOC(=O)CSc1nc2sc3c(c2c(=O)n1-c1cccc(C)c1)CCNC3. The first-order valence-electron chi connectivity index (χ1n) is 9.22. The highest BCUT2D eigenvalue weighted by Gasteiger charge is 2.23. The van der Waals surface area contributed by atoms with Gasteiger partial charge in [-0.15, -0.1) is 11.3 Å². The summed E-state index contributed by atoms with van der Waals surface area (Å²) in [5.74, 6) is -0.197. The van der Waals surface area contributed by atoms with Crippen LogP contribution in [0.2, 0.25) is 0 Å². The first-order chi connectivity index (χ1) is 13.6. The van der Waals surface area contributed by atoms with E-state index in [4.69, 9.17) is 9.72 Å². The zero-order valence-corrected chi connectivity index (χ0v) is 17.4. The summed E-state index contributed by atoms with van der Waals surface area (Å²) in [7, 11) is 0. The third kappa shape index (κ3) is 3.59. The zero-order valence-electron chi connectivity index (χ0n) is 15.8. The van der Waals surface area contributed by atoms with Crippen molar-refractivity contribution < 1.29 is 9.53 Å². The molecule has 0 spiro atoms. The number of thioether (sulfide) groups is 1. The Morgan fingerprint density at radius 1 is 1.43 bits per heavy atom. The lowest BCUT2D eigenvalue weighted by Gasteiger charge is -2.14. The zero-order chi connectivity index (χ0) is 19.7. The maximum absolute atomic E-state index is 13.5. The summed E-state index contributed by atoms with van der Waals surface area (Å²) in [6, 6.07) is 7.78. The van der Waals surface area contributed by atoms with Crippen molar-refractivity contribution in [2.75, 3.05) is 18.9 Å². The van der Waals surface area contributed by atoms with Gasteiger partial charge < -0.3 is 10.1 Å². The van der Waals surface area contributed by atoms with Crippen LogP contribution in [0, 0.1) is 6.92 Å². The number of ether oxygens (including phenoxy) is 1. The van der Waals surface area contributed by atoms with Crippen molar-refractivity contribution in [2.45, 2.75) is 32.0 Å². The van der Waals surface area contributed by atoms with Gasteiger partial charge in [0, 0.05) is 11.4 Å². The molecule has 1 N–H and O–H groups in total. The van der Waals surface area contributed by atoms with Crippen LogP contribution in [0.5, 0.6) is 0 Å². The molecule has 0 aliphatic carbocycles. The third-order valence-electron chi connectivity index (χ3n) is 4.60. The van der Waals surface area contributed by atoms with E-state index in [0.29, 0.717) is 17.1 Å². The number of aryl methyl sites for hydroxylation is 1. The lowest BCUT2D eigenvalue weighted by Crippen LogP contribution is -2.25. The summed E-state index contributed by atoms with van der Waals surface area (Å²) in [5.41, 5.74) is 2.86. The van der Waals surface area contributed by atoms with E-state index in [2.05, 4.69) is 5.32 Å². The molecule has 0 fully saturated rings. The number of benzene rings is 1. The Balaban J connectivity index is 1.89. The molecule has 0 saturated heterocycles. The molecular weight excluding hydrogens is 394 g/mol. The van der Waals surface area contributed by atoms with Gasteiger partial charge in [-0.3, -0.25) is 14.2 Å². The summed E-state index contributed by atoms with van der Waals surface area (Å²) in [4.78, 5) is 32.1. The summed E-state index contributed by atoms with van der Waals surface area (Å²) in [6.45, 7) is 5.73. The van der Waals surface area contributed by atoms with Gasteiger partial charge in [0.2, 0.25) is 0 Å². The molecule has 6 nitrogen and oxygen atoms in total. The molecule has 2 aromatic heterocycles. The fraction of sp³-hybridized carbons (Fsp3) is 0.350. The lowest BCUT2D eigenvalue weighted by molar-refractivity contribution is -0.139. The quantitative estimate of drug-likeness (QED) is 0.392. The Bertz CT molecular complexity index is 1100. The molecule has 0 amide bonds. The minimum Gasteiger partial charge on any atom is -0.465 e. The fourth-order valence-corrected chi connectivity index (χ4v) is 5.41. The molecule has 146 valence electrons. The standard InChI is InChI=1S/C20H21N3O3S2/c1-3-26-16(24)11-27-20-22-18-17(14-7-8-21-10-15(14)28-18)19(25)23(20)13-6-4-5-12(2)9-13/h4-6,9,21H,3,7-8,10-11H2,1-2H3. The molecule has 0 atom stereocenters. The Morgan fingerprint density at radius 3 is 3.07 bits per heavy atom. The van der Waals surface area contributed by atoms with Crippen LogP contribution in [-0.2, 0) is 22.5 Å². The number of hydrogen-bond donors (Lipinski definition) is 1. The average Bonchev–Trinajstić information content (AvgIpc) is 3.05. The first kappa shape index (κ1) is 19.2. The van der Waals surface area contributed by atoms with Crippen LogP contribution in [-0.4, -0.2) is 34.4 Å². The van der Waals surface area contributed by atoms with Crippen LogP contribution in [0.1, 0.15) is 22.9 Å². The highest BCUT2D eigenvalue weighted by Crippen LogP contribution is 2.32. The second kappa shape index (κ2) is 8.06. The van der Waals surface area contributed by atoms with Crippen molar-refractivity contribution in [2.24, 2.45) is 0 Å². The van der Waals surface area contributed by atoms with Gasteiger partial charge >= 0.3 is 5.97 Å². The second-order valence-corrected chi connectivity index (χ2v) is 8.60. The van der Waals surface area contributed by atoms with Crippen LogP contribution >= 0.6 is 23.1 Å². The minimum absolute atomic E-state index is 0.0682. The predicted molar refractivity (Wildman–Crippen MR) is 113 cm³/mol. The summed E-state index contributed by atoms with van der Waals surface area (Å²) in [6.07, 6.45) is 0.829. The van der Waals surface area contributed by atoms with Gasteiger partial charge in [-0.1, -0.05) is 23.9 Å². The van der Waals surface area contributed by atoms with Crippen LogP contribution in [0.4, 0.5) is 0 Å². The Kier molecular flexibility index (Phi) is 5.52. The van der Waals surface area contributed by atoms with Crippen molar-refractivity contribution in [3.05, 3.63) is 50.6 Å². The van der Waals surface area contributed by atoms with Gasteiger partial charge in [0.05, 0.1) is 23.4 Å². The number of thiophene rings is 1. The highest BCUT2D eigenvalue weighted by atomic mass is 32.2. The number of carbonyl (C=O) groups excluding carboxylic acids is 1. The van der Waals surface area contributed by atoms with Crippen molar-refractivity contribution in [3.8, 4) is 5.69 Å². The molecule has 1 aliphatic rings. The minimum atomic E-state index is -0.313. The molecule has 0 radical (unpaired) electrons. The van der Waals surface area contributed by atoms with Crippen molar-refractivity contribution >= 4 is 39.3 Å². The van der Waals surface area contributed by atoms with Crippen LogP contribution < -0.4 is 10.9 Å². The molecule has 28 heavy (non-hydrogen) atoms. The molecular formula is C20H21N3O3S2. The van der Waals surface area contributed by atoms with Crippen LogP contribution in [0.3, 0.4) is 0 Å². The van der Waals surface area contributed by atoms with E-state index >= 15 is 0 Å². The fourth-order valence-electron chi connectivity index (χ4n) is 3.37. The number of esters is 1. The number of hydrogen-bond acceptors (Lipinski definition) is 7. The van der Waals surface area contributed by atoms with E-state index < -0.39 is 0 Å². The smallest absolute Gasteiger partial charge is 0.316 e. The largest absolute Gasteiger partial charge is 0.465 e. The number of rotatable bonds is 5.